The molecule has 6 heteroatoms. The highest BCUT2D eigenvalue weighted by molar-refractivity contribution is 14.0. The van der Waals surface area contributed by atoms with E-state index in [9.17, 15) is 0 Å². The molecular weight excluding hydrogens is 431 g/mol. The van der Waals surface area contributed by atoms with Crippen LogP contribution in [0.5, 0.6) is 0 Å². The van der Waals surface area contributed by atoms with Gasteiger partial charge in [0.15, 0.2) is 5.96 Å². The van der Waals surface area contributed by atoms with Crippen molar-refractivity contribution in [2.24, 2.45) is 4.99 Å². The molecule has 0 aliphatic carbocycles. The van der Waals surface area contributed by atoms with Gasteiger partial charge in [-0.15, -0.1) is 35.3 Å². The Bertz CT molecular complexity index is 584. The fraction of sp³-hybridized carbons (Fsp3) is 0.389. The summed E-state index contributed by atoms with van der Waals surface area (Å²) in [6, 6.07) is 15.1. The first-order valence-corrected chi connectivity index (χ1v) is 8.77. The molecule has 1 aromatic carbocycles. The lowest BCUT2D eigenvalue weighted by Crippen LogP contribution is -2.42. The highest BCUT2D eigenvalue weighted by Gasteiger charge is 2.14. The van der Waals surface area contributed by atoms with E-state index in [1.54, 1.807) is 11.3 Å². The van der Waals surface area contributed by atoms with Crippen LogP contribution in [-0.4, -0.2) is 45.1 Å². The van der Waals surface area contributed by atoms with Crippen LogP contribution < -0.4 is 10.6 Å². The van der Waals surface area contributed by atoms with E-state index in [-0.39, 0.29) is 24.0 Å². The maximum Gasteiger partial charge on any atom is 0.191 e. The molecule has 2 N–H and O–H groups in total. The summed E-state index contributed by atoms with van der Waals surface area (Å²) >= 11 is 1.79. The van der Waals surface area contributed by atoms with Gasteiger partial charge in [-0.05, 0) is 37.5 Å². The summed E-state index contributed by atoms with van der Waals surface area (Å²) in [5, 5.41) is 8.93. The van der Waals surface area contributed by atoms with Crippen LogP contribution in [0, 0.1) is 0 Å². The third kappa shape index (κ3) is 6.78. The molecule has 0 fully saturated rings. The number of aliphatic imine (C=N–C) groups is 1. The van der Waals surface area contributed by atoms with Gasteiger partial charge in [-0.25, -0.2) is 0 Å². The highest BCUT2D eigenvalue weighted by atomic mass is 127. The average molecular weight is 458 g/mol. The van der Waals surface area contributed by atoms with E-state index in [2.05, 4.69) is 82.5 Å². The Labute approximate surface area is 166 Å². The molecule has 2 aromatic rings. The van der Waals surface area contributed by atoms with Crippen molar-refractivity contribution in [1.82, 2.24) is 15.5 Å². The molecule has 0 amide bonds. The Hall–Kier alpha value is -1.12. The first-order valence-electron chi connectivity index (χ1n) is 7.89. The van der Waals surface area contributed by atoms with Crippen molar-refractivity contribution in [2.45, 2.75) is 12.5 Å². The maximum atomic E-state index is 4.31. The van der Waals surface area contributed by atoms with Gasteiger partial charge in [0.05, 0.1) is 6.04 Å². The normalized spacial score (nSPS) is 12.6. The summed E-state index contributed by atoms with van der Waals surface area (Å²) in [6.07, 6.45) is 1.02. The Morgan fingerprint density at radius 1 is 1.12 bits per heavy atom. The molecule has 1 heterocycles. The molecule has 2 rings (SSSR count). The van der Waals surface area contributed by atoms with E-state index >= 15 is 0 Å². The fourth-order valence-corrected chi connectivity index (χ4v) is 3.16. The predicted molar refractivity (Wildman–Crippen MR) is 116 cm³/mol. The molecule has 0 spiro atoms. The van der Waals surface area contributed by atoms with Gasteiger partial charge >= 0.3 is 0 Å². The van der Waals surface area contributed by atoms with Crippen molar-refractivity contribution < 1.29 is 0 Å². The lowest BCUT2D eigenvalue weighted by molar-refractivity contribution is 0.298. The third-order valence-corrected chi connectivity index (χ3v) is 4.67. The van der Waals surface area contributed by atoms with E-state index in [1.807, 2.05) is 7.05 Å². The van der Waals surface area contributed by atoms with Gasteiger partial charge in [-0.3, -0.25) is 4.99 Å². The van der Waals surface area contributed by atoms with Gasteiger partial charge in [-0.1, -0.05) is 36.4 Å². The first-order chi connectivity index (χ1) is 11.2. The number of hydrogen-bond acceptors (Lipinski definition) is 3. The van der Waals surface area contributed by atoms with Crippen LogP contribution in [0.2, 0.25) is 0 Å². The zero-order valence-electron chi connectivity index (χ0n) is 14.5. The fourth-order valence-electron chi connectivity index (χ4n) is 2.45. The number of benzene rings is 1. The van der Waals surface area contributed by atoms with Gasteiger partial charge in [0.1, 0.15) is 0 Å². The Kier molecular flexibility index (Phi) is 9.97. The highest BCUT2D eigenvalue weighted by Crippen LogP contribution is 2.16. The standard InChI is InChI=1S/C18H26N4S.HI/c1-19-18(20-12-11-16-10-7-13-23-16)21-14-17(22(2)3)15-8-5-4-6-9-15;/h4-10,13,17H,11-12,14H2,1-3H3,(H2,19,20,21);1H. The molecule has 0 bridgehead atoms. The molecule has 0 saturated heterocycles. The van der Waals surface area contributed by atoms with Crippen LogP contribution >= 0.6 is 35.3 Å². The van der Waals surface area contributed by atoms with Crippen molar-refractivity contribution in [3.8, 4) is 0 Å². The van der Waals surface area contributed by atoms with Gasteiger partial charge in [0.2, 0.25) is 0 Å². The van der Waals surface area contributed by atoms with Crippen molar-refractivity contribution >= 4 is 41.3 Å². The molecule has 4 nitrogen and oxygen atoms in total. The van der Waals surface area contributed by atoms with Crippen LogP contribution in [0.15, 0.2) is 52.8 Å². The minimum absolute atomic E-state index is 0. The van der Waals surface area contributed by atoms with Crippen LogP contribution in [0.25, 0.3) is 0 Å². The molecule has 0 saturated carbocycles. The molecule has 1 unspecified atom stereocenters. The number of guanidine groups is 1. The lowest BCUT2D eigenvalue weighted by atomic mass is 10.1. The Balaban J connectivity index is 0.00000288. The molecule has 1 aromatic heterocycles. The lowest BCUT2D eigenvalue weighted by Gasteiger charge is -2.26. The number of hydrogen-bond donors (Lipinski definition) is 2. The van der Waals surface area contributed by atoms with Crippen LogP contribution in [0.4, 0.5) is 0 Å². The largest absolute Gasteiger partial charge is 0.356 e. The van der Waals surface area contributed by atoms with Gasteiger partial charge < -0.3 is 15.5 Å². The van der Waals surface area contributed by atoms with E-state index in [0.29, 0.717) is 6.04 Å². The van der Waals surface area contributed by atoms with E-state index in [0.717, 1.165) is 25.5 Å². The maximum absolute atomic E-state index is 4.31. The summed E-state index contributed by atoms with van der Waals surface area (Å²) in [7, 11) is 6.02. The monoisotopic (exact) mass is 458 g/mol. The van der Waals surface area contributed by atoms with E-state index in [4.69, 9.17) is 0 Å². The Morgan fingerprint density at radius 2 is 1.88 bits per heavy atom. The molecule has 132 valence electrons. The van der Waals surface area contributed by atoms with Gasteiger partial charge in [-0.2, -0.15) is 0 Å². The minimum Gasteiger partial charge on any atom is -0.356 e. The molecule has 0 aliphatic heterocycles. The van der Waals surface area contributed by atoms with Crippen LogP contribution in [0.3, 0.4) is 0 Å². The molecular formula is C18H27IN4S. The molecule has 24 heavy (non-hydrogen) atoms. The van der Waals surface area contributed by atoms with Gasteiger partial charge in [0, 0.05) is 25.0 Å². The van der Waals surface area contributed by atoms with E-state index in [1.165, 1.54) is 10.4 Å². The van der Waals surface area contributed by atoms with Gasteiger partial charge in [0.25, 0.3) is 0 Å². The number of rotatable bonds is 7. The molecule has 0 aliphatic rings. The van der Waals surface area contributed by atoms with Crippen LogP contribution in [-0.2, 0) is 6.42 Å². The summed E-state index contributed by atoms with van der Waals surface area (Å²) < 4.78 is 0. The number of nitrogens with one attached hydrogen (secondary N) is 2. The number of thiophene rings is 1. The predicted octanol–water partition coefficient (Wildman–Crippen LogP) is 3.38. The van der Waals surface area contributed by atoms with E-state index < -0.39 is 0 Å². The molecule has 0 radical (unpaired) electrons. The number of halogens is 1. The summed E-state index contributed by atoms with van der Waals surface area (Å²) in [6.45, 7) is 1.70. The average Bonchev–Trinajstić information content (AvgIpc) is 3.07. The number of nitrogens with zero attached hydrogens (tertiary/aromatic N) is 2. The summed E-state index contributed by atoms with van der Waals surface area (Å²) in [4.78, 5) is 7.93. The van der Waals surface area contributed by atoms with Crippen molar-refractivity contribution in [3.63, 3.8) is 0 Å². The SMILES string of the molecule is CN=C(NCCc1cccs1)NCC(c1ccccc1)N(C)C.I. The molecule has 1 atom stereocenters. The third-order valence-electron chi connectivity index (χ3n) is 3.74. The first kappa shape index (κ1) is 20.9. The summed E-state index contributed by atoms with van der Waals surface area (Å²) in [5.74, 6) is 0.851. The number of likely N-dealkylation sites (N-methyl/N-ethyl adjacent to an activating group) is 1. The second-order valence-electron chi connectivity index (χ2n) is 5.60. The van der Waals surface area contributed by atoms with Crippen LogP contribution in [0.1, 0.15) is 16.5 Å². The van der Waals surface area contributed by atoms with Crippen molar-refractivity contribution in [3.05, 3.63) is 58.3 Å². The summed E-state index contributed by atoms with van der Waals surface area (Å²) in [5.41, 5.74) is 1.30. The quantitative estimate of drug-likeness (QED) is 0.380. The minimum atomic E-state index is 0. The smallest absolute Gasteiger partial charge is 0.191 e. The second kappa shape index (κ2) is 11.4. The topological polar surface area (TPSA) is 39.7 Å². The van der Waals surface area contributed by atoms with Crippen molar-refractivity contribution in [1.29, 1.82) is 0 Å². The Morgan fingerprint density at radius 3 is 2.46 bits per heavy atom. The second-order valence-corrected chi connectivity index (χ2v) is 6.63. The zero-order valence-corrected chi connectivity index (χ0v) is 17.7. The van der Waals surface area contributed by atoms with Crippen molar-refractivity contribution in [2.75, 3.05) is 34.2 Å². The zero-order chi connectivity index (χ0) is 16.5.